The summed E-state index contributed by atoms with van der Waals surface area (Å²) in [5, 5.41) is 7.11. The number of aromatic nitrogens is 3. The zero-order chi connectivity index (χ0) is 18.0. The number of rotatable bonds is 6. The predicted molar refractivity (Wildman–Crippen MR) is 89.7 cm³/mol. The van der Waals surface area contributed by atoms with E-state index in [1.807, 2.05) is 27.0 Å². The third kappa shape index (κ3) is 3.84. The van der Waals surface area contributed by atoms with Gasteiger partial charge in [0.1, 0.15) is 6.10 Å². The molecule has 8 heteroatoms. The summed E-state index contributed by atoms with van der Waals surface area (Å²) in [6.45, 7) is 9.29. The normalized spacial score (nSPS) is 20.2. The standard InChI is InChI=1S/C17H24N4O4/c1-5-21-7-12(6-18-21)24-14-9-23-8-13(14)20-16(22)15-11(4)19-17(25-15)10(2)3/h6-7,10,13-14H,5,8-9H2,1-4H3,(H,20,22)/t13-,14+/m0/s1. The molecular weight excluding hydrogens is 324 g/mol. The van der Waals surface area contributed by atoms with Crippen LogP contribution in [0.2, 0.25) is 0 Å². The fourth-order valence-electron chi connectivity index (χ4n) is 2.65. The van der Waals surface area contributed by atoms with Crippen LogP contribution in [0.3, 0.4) is 0 Å². The van der Waals surface area contributed by atoms with E-state index in [0.29, 0.717) is 30.5 Å². The van der Waals surface area contributed by atoms with Crippen LogP contribution in [0, 0.1) is 6.92 Å². The molecule has 0 saturated carbocycles. The van der Waals surface area contributed by atoms with Crippen molar-refractivity contribution in [1.29, 1.82) is 0 Å². The number of hydrogen-bond donors (Lipinski definition) is 1. The average Bonchev–Trinajstić information content (AvgIpc) is 3.28. The van der Waals surface area contributed by atoms with Gasteiger partial charge in [-0.15, -0.1) is 0 Å². The highest BCUT2D eigenvalue weighted by molar-refractivity contribution is 5.92. The van der Waals surface area contributed by atoms with Crippen LogP contribution in [0.1, 0.15) is 48.8 Å². The molecule has 3 heterocycles. The summed E-state index contributed by atoms with van der Waals surface area (Å²) in [4.78, 5) is 16.8. The lowest BCUT2D eigenvalue weighted by atomic mass is 10.2. The summed E-state index contributed by atoms with van der Waals surface area (Å²) in [6.07, 6.45) is 3.22. The number of aryl methyl sites for hydroxylation is 2. The van der Waals surface area contributed by atoms with Gasteiger partial charge in [-0.25, -0.2) is 4.98 Å². The second-order valence-corrected chi connectivity index (χ2v) is 6.43. The fraction of sp³-hybridized carbons (Fsp3) is 0.588. The van der Waals surface area contributed by atoms with E-state index in [1.165, 1.54) is 0 Å². The Bertz CT molecular complexity index is 737. The van der Waals surface area contributed by atoms with Crippen molar-refractivity contribution in [2.75, 3.05) is 13.2 Å². The van der Waals surface area contributed by atoms with Gasteiger partial charge in [-0.2, -0.15) is 5.10 Å². The molecule has 1 fully saturated rings. The third-order valence-electron chi connectivity index (χ3n) is 4.08. The van der Waals surface area contributed by atoms with Crippen LogP contribution >= 0.6 is 0 Å². The smallest absolute Gasteiger partial charge is 0.289 e. The number of oxazole rings is 1. The second kappa shape index (κ2) is 7.26. The molecule has 2 atom stereocenters. The highest BCUT2D eigenvalue weighted by atomic mass is 16.5. The minimum Gasteiger partial charge on any atom is -0.482 e. The van der Waals surface area contributed by atoms with Gasteiger partial charge in [0.25, 0.3) is 5.91 Å². The Morgan fingerprint density at radius 2 is 2.28 bits per heavy atom. The molecule has 25 heavy (non-hydrogen) atoms. The molecule has 1 amide bonds. The van der Waals surface area contributed by atoms with Crippen LogP contribution in [0.4, 0.5) is 0 Å². The lowest BCUT2D eigenvalue weighted by Crippen LogP contribution is -2.45. The zero-order valence-electron chi connectivity index (χ0n) is 15.0. The molecule has 0 aliphatic carbocycles. The van der Waals surface area contributed by atoms with Crippen LogP contribution in [-0.4, -0.2) is 46.0 Å². The molecule has 1 saturated heterocycles. The van der Waals surface area contributed by atoms with Crippen molar-refractivity contribution in [2.24, 2.45) is 0 Å². The van der Waals surface area contributed by atoms with E-state index in [1.54, 1.807) is 17.8 Å². The first-order chi connectivity index (χ1) is 12.0. The highest BCUT2D eigenvalue weighted by Gasteiger charge is 2.33. The fourth-order valence-corrected chi connectivity index (χ4v) is 2.65. The number of nitrogens with one attached hydrogen (secondary N) is 1. The van der Waals surface area contributed by atoms with Gasteiger partial charge in [-0.1, -0.05) is 13.8 Å². The van der Waals surface area contributed by atoms with Gasteiger partial charge in [0, 0.05) is 12.5 Å². The third-order valence-corrected chi connectivity index (χ3v) is 4.08. The molecule has 0 spiro atoms. The van der Waals surface area contributed by atoms with Crippen molar-refractivity contribution in [1.82, 2.24) is 20.1 Å². The summed E-state index contributed by atoms with van der Waals surface area (Å²) in [5.74, 6) is 1.29. The Labute approximate surface area is 146 Å². The predicted octanol–water partition coefficient (Wildman–Crippen LogP) is 1.90. The maximum Gasteiger partial charge on any atom is 0.289 e. The molecule has 0 aromatic carbocycles. The monoisotopic (exact) mass is 348 g/mol. The van der Waals surface area contributed by atoms with E-state index in [0.717, 1.165) is 6.54 Å². The van der Waals surface area contributed by atoms with Crippen LogP contribution in [0.5, 0.6) is 5.75 Å². The molecular formula is C17H24N4O4. The Balaban J connectivity index is 1.65. The van der Waals surface area contributed by atoms with Crippen LogP contribution < -0.4 is 10.1 Å². The van der Waals surface area contributed by atoms with E-state index in [9.17, 15) is 4.79 Å². The Kier molecular flexibility index (Phi) is 5.08. The maximum atomic E-state index is 12.5. The molecule has 136 valence electrons. The molecule has 0 bridgehead atoms. The van der Waals surface area contributed by atoms with Crippen molar-refractivity contribution >= 4 is 5.91 Å². The average molecular weight is 348 g/mol. The first kappa shape index (κ1) is 17.5. The Morgan fingerprint density at radius 3 is 2.92 bits per heavy atom. The minimum atomic E-state index is -0.301. The first-order valence-corrected chi connectivity index (χ1v) is 8.53. The first-order valence-electron chi connectivity index (χ1n) is 8.53. The van der Waals surface area contributed by atoms with Gasteiger partial charge in [-0.3, -0.25) is 9.48 Å². The number of carbonyl (C=O) groups excluding carboxylic acids is 1. The van der Waals surface area contributed by atoms with Gasteiger partial charge < -0.3 is 19.2 Å². The SMILES string of the molecule is CCn1cc(O[C@@H]2COC[C@@H]2NC(=O)c2oc(C(C)C)nc2C)cn1. The van der Waals surface area contributed by atoms with Gasteiger partial charge in [0.2, 0.25) is 5.76 Å². The summed E-state index contributed by atoms with van der Waals surface area (Å²) in [5.41, 5.74) is 0.585. The zero-order valence-corrected chi connectivity index (χ0v) is 15.0. The summed E-state index contributed by atoms with van der Waals surface area (Å²) < 4.78 is 18.8. The van der Waals surface area contributed by atoms with Gasteiger partial charge in [0.15, 0.2) is 11.6 Å². The van der Waals surface area contributed by atoms with Crippen LogP contribution in [0.15, 0.2) is 16.8 Å². The van der Waals surface area contributed by atoms with Crippen molar-refractivity contribution in [2.45, 2.75) is 52.3 Å². The largest absolute Gasteiger partial charge is 0.482 e. The van der Waals surface area contributed by atoms with Gasteiger partial charge in [0.05, 0.1) is 37.3 Å². The van der Waals surface area contributed by atoms with Crippen LogP contribution in [0.25, 0.3) is 0 Å². The Hall–Kier alpha value is -2.35. The number of nitrogens with zero attached hydrogens (tertiary/aromatic N) is 3. The van der Waals surface area contributed by atoms with E-state index in [4.69, 9.17) is 13.9 Å². The summed E-state index contributed by atoms with van der Waals surface area (Å²) >= 11 is 0. The molecule has 0 unspecified atom stereocenters. The number of ether oxygens (including phenoxy) is 2. The number of carbonyl (C=O) groups is 1. The number of amides is 1. The molecule has 1 aliphatic rings. The van der Waals surface area contributed by atoms with Crippen molar-refractivity contribution in [3.8, 4) is 5.75 Å². The van der Waals surface area contributed by atoms with E-state index in [-0.39, 0.29) is 29.7 Å². The second-order valence-electron chi connectivity index (χ2n) is 6.43. The molecule has 3 rings (SSSR count). The summed E-state index contributed by atoms with van der Waals surface area (Å²) in [6, 6.07) is -0.260. The number of hydrogen-bond acceptors (Lipinski definition) is 6. The quantitative estimate of drug-likeness (QED) is 0.857. The van der Waals surface area contributed by atoms with E-state index in [2.05, 4.69) is 15.4 Å². The molecule has 2 aromatic rings. The maximum absolute atomic E-state index is 12.5. The minimum absolute atomic E-state index is 0.126. The van der Waals surface area contributed by atoms with Crippen molar-refractivity contribution in [3.05, 3.63) is 29.7 Å². The molecule has 0 radical (unpaired) electrons. The lowest BCUT2D eigenvalue weighted by molar-refractivity contribution is 0.0873. The topological polar surface area (TPSA) is 91.4 Å². The molecule has 1 aliphatic heterocycles. The molecule has 8 nitrogen and oxygen atoms in total. The van der Waals surface area contributed by atoms with Gasteiger partial charge >= 0.3 is 0 Å². The van der Waals surface area contributed by atoms with Crippen molar-refractivity contribution in [3.63, 3.8) is 0 Å². The molecule has 1 N–H and O–H groups in total. The van der Waals surface area contributed by atoms with E-state index >= 15 is 0 Å². The Morgan fingerprint density at radius 1 is 1.48 bits per heavy atom. The summed E-state index contributed by atoms with van der Waals surface area (Å²) in [7, 11) is 0. The van der Waals surface area contributed by atoms with Crippen LogP contribution in [-0.2, 0) is 11.3 Å². The molecule has 2 aromatic heterocycles. The highest BCUT2D eigenvalue weighted by Crippen LogP contribution is 2.20. The lowest BCUT2D eigenvalue weighted by Gasteiger charge is -2.19. The van der Waals surface area contributed by atoms with Gasteiger partial charge in [-0.05, 0) is 13.8 Å². The van der Waals surface area contributed by atoms with E-state index < -0.39 is 0 Å². The van der Waals surface area contributed by atoms with Crippen molar-refractivity contribution < 1.29 is 18.7 Å².